The number of nitrogens with zero attached hydrogens (tertiary/aromatic N) is 1. The van der Waals surface area contributed by atoms with Crippen molar-refractivity contribution in [2.45, 2.75) is 39.3 Å². The first-order chi connectivity index (χ1) is 15.2. The average molecular weight is 498 g/mol. The van der Waals surface area contributed by atoms with E-state index in [4.69, 9.17) is 32.7 Å². The van der Waals surface area contributed by atoms with Crippen molar-refractivity contribution < 1.29 is 24.2 Å². The molecule has 1 unspecified atom stereocenters. The summed E-state index contributed by atoms with van der Waals surface area (Å²) in [6, 6.07) is 4.14. The lowest BCUT2D eigenvalue weighted by Gasteiger charge is -2.25. The number of methoxy groups -OCH3 is 1. The molecular formula is C23H25Cl2NO5S. The molecule has 6 nitrogen and oxygen atoms in total. The van der Waals surface area contributed by atoms with Gasteiger partial charge < -0.3 is 19.5 Å². The fourth-order valence-electron chi connectivity index (χ4n) is 3.65. The molecule has 0 bridgehead atoms. The van der Waals surface area contributed by atoms with E-state index < -0.39 is 17.7 Å². The van der Waals surface area contributed by atoms with Gasteiger partial charge in [-0.1, -0.05) is 23.2 Å². The molecule has 1 atom stereocenters. The molecule has 3 rings (SSSR count). The number of likely N-dealkylation sites (tertiary alicyclic amines) is 1. The summed E-state index contributed by atoms with van der Waals surface area (Å²) in [7, 11) is 1.43. The van der Waals surface area contributed by atoms with E-state index in [0.717, 1.165) is 10.4 Å². The van der Waals surface area contributed by atoms with Crippen LogP contribution in [0, 0.1) is 6.92 Å². The van der Waals surface area contributed by atoms with Crippen LogP contribution in [0.1, 0.15) is 42.3 Å². The summed E-state index contributed by atoms with van der Waals surface area (Å²) < 4.78 is 10.7. The molecular weight excluding hydrogens is 473 g/mol. The van der Waals surface area contributed by atoms with Crippen LogP contribution in [-0.4, -0.2) is 48.1 Å². The van der Waals surface area contributed by atoms with E-state index in [-0.39, 0.29) is 38.8 Å². The number of benzene rings is 1. The smallest absolute Gasteiger partial charge is 0.295 e. The largest absolute Gasteiger partial charge is 0.507 e. The highest BCUT2D eigenvalue weighted by Crippen LogP contribution is 2.44. The van der Waals surface area contributed by atoms with Gasteiger partial charge in [-0.2, -0.15) is 0 Å². The van der Waals surface area contributed by atoms with Gasteiger partial charge in [-0.3, -0.25) is 9.59 Å². The number of aryl methyl sites for hydroxylation is 1. The second kappa shape index (κ2) is 10.3. The summed E-state index contributed by atoms with van der Waals surface area (Å²) in [5, 5.41) is 13.4. The number of rotatable bonds is 8. The summed E-state index contributed by atoms with van der Waals surface area (Å²) in [4.78, 5) is 28.3. The predicted octanol–water partition coefficient (Wildman–Crippen LogP) is 5.61. The zero-order valence-electron chi connectivity index (χ0n) is 18.3. The zero-order chi connectivity index (χ0) is 23.6. The Kier molecular flexibility index (Phi) is 7.88. The average Bonchev–Trinajstić information content (AvgIpc) is 3.25. The highest BCUT2D eigenvalue weighted by molar-refractivity contribution is 7.10. The van der Waals surface area contributed by atoms with E-state index in [9.17, 15) is 14.7 Å². The van der Waals surface area contributed by atoms with Crippen LogP contribution in [0.4, 0.5) is 0 Å². The van der Waals surface area contributed by atoms with Crippen molar-refractivity contribution in [3.8, 4) is 5.75 Å². The number of aliphatic hydroxyl groups excluding tert-OH is 1. The van der Waals surface area contributed by atoms with Crippen LogP contribution in [0.2, 0.25) is 10.0 Å². The number of hydrogen-bond acceptors (Lipinski definition) is 6. The first kappa shape index (κ1) is 24.6. The van der Waals surface area contributed by atoms with Crippen molar-refractivity contribution in [2.75, 3.05) is 20.3 Å². The Morgan fingerprint density at radius 3 is 2.44 bits per heavy atom. The molecule has 1 amide bonds. The topological polar surface area (TPSA) is 76.1 Å². The highest BCUT2D eigenvalue weighted by atomic mass is 35.5. The van der Waals surface area contributed by atoms with Gasteiger partial charge in [0.15, 0.2) is 5.75 Å². The standard InChI is InChI=1S/C23H25Cl2NO5S/c1-12(2)31-8-5-7-26-18(22-13(3)6-9-32-22)17(20(28)23(26)29)19(27)14-10-15(24)21(30-4)16(25)11-14/h6,9-12,18,27H,5,7-8H2,1-4H3/b19-17-. The number of hydrogen-bond donors (Lipinski definition) is 1. The second-order valence-electron chi connectivity index (χ2n) is 7.71. The number of thiophene rings is 1. The summed E-state index contributed by atoms with van der Waals surface area (Å²) in [6.07, 6.45) is 0.636. The Balaban J connectivity index is 2.07. The molecule has 1 aliphatic rings. The minimum absolute atomic E-state index is 0.0163. The van der Waals surface area contributed by atoms with Crippen LogP contribution < -0.4 is 4.74 Å². The maximum atomic E-state index is 13.1. The van der Waals surface area contributed by atoms with Crippen LogP contribution in [0.15, 0.2) is 29.2 Å². The van der Waals surface area contributed by atoms with E-state index in [1.54, 1.807) is 0 Å². The number of carbonyl (C=O) groups is 2. The van der Waals surface area contributed by atoms with Gasteiger partial charge in [-0.25, -0.2) is 0 Å². The number of ketones is 1. The summed E-state index contributed by atoms with van der Waals surface area (Å²) in [5.74, 6) is -1.46. The minimum atomic E-state index is -0.742. The predicted molar refractivity (Wildman–Crippen MR) is 127 cm³/mol. The third-order valence-electron chi connectivity index (χ3n) is 5.16. The molecule has 1 fully saturated rings. The first-order valence-corrected chi connectivity index (χ1v) is 11.8. The fourth-order valence-corrected chi connectivity index (χ4v) is 5.34. The molecule has 1 aliphatic heterocycles. The van der Waals surface area contributed by atoms with Crippen molar-refractivity contribution in [3.05, 3.63) is 55.2 Å². The maximum absolute atomic E-state index is 13.1. The lowest BCUT2D eigenvalue weighted by molar-refractivity contribution is -0.140. The van der Waals surface area contributed by atoms with Crippen LogP contribution in [0.3, 0.4) is 0 Å². The number of Topliss-reactive ketones (excluding diaryl/α,β-unsaturated/α-hetero) is 1. The van der Waals surface area contributed by atoms with Gasteiger partial charge in [0.1, 0.15) is 5.76 Å². The molecule has 1 saturated heterocycles. The fraction of sp³-hybridized carbons (Fsp3) is 0.391. The molecule has 0 spiro atoms. The molecule has 2 aromatic rings. The van der Waals surface area contributed by atoms with Gasteiger partial charge in [0.25, 0.3) is 11.7 Å². The van der Waals surface area contributed by atoms with Crippen LogP contribution in [-0.2, 0) is 14.3 Å². The van der Waals surface area contributed by atoms with E-state index in [1.807, 2.05) is 32.2 Å². The van der Waals surface area contributed by atoms with Crippen molar-refractivity contribution >= 4 is 52.0 Å². The second-order valence-corrected chi connectivity index (χ2v) is 9.47. The van der Waals surface area contributed by atoms with Gasteiger partial charge >= 0.3 is 0 Å². The number of aliphatic hydroxyl groups is 1. The molecule has 1 aromatic carbocycles. The lowest BCUT2D eigenvalue weighted by Crippen LogP contribution is -2.31. The number of ether oxygens (including phenoxy) is 2. The van der Waals surface area contributed by atoms with Crippen molar-refractivity contribution in [3.63, 3.8) is 0 Å². The summed E-state index contributed by atoms with van der Waals surface area (Å²) >= 11 is 13.9. The van der Waals surface area contributed by atoms with E-state index >= 15 is 0 Å². The Morgan fingerprint density at radius 1 is 1.25 bits per heavy atom. The first-order valence-electron chi connectivity index (χ1n) is 10.1. The van der Waals surface area contributed by atoms with E-state index in [1.165, 1.54) is 35.5 Å². The third kappa shape index (κ3) is 4.81. The van der Waals surface area contributed by atoms with E-state index in [2.05, 4.69) is 0 Å². The molecule has 2 heterocycles. The molecule has 0 saturated carbocycles. The third-order valence-corrected chi connectivity index (χ3v) is 6.79. The normalized spacial score (nSPS) is 18.1. The SMILES string of the molecule is COc1c(Cl)cc(/C(O)=C2/C(=O)C(=O)N(CCCOC(C)C)C2c2sccc2C)cc1Cl. The number of halogens is 2. The van der Waals surface area contributed by atoms with Crippen molar-refractivity contribution in [1.29, 1.82) is 0 Å². The minimum Gasteiger partial charge on any atom is -0.507 e. The zero-order valence-corrected chi connectivity index (χ0v) is 20.6. The van der Waals surface area contributed by atoms with E-state index in [0.29, 0.717) is 19.6 Å². The Bertz CT molecular complexity index is 1040. The van der Waals surface area contributed by atoms with Crippen LogP contribution in [0.25, 0.3) is 5.76 Å². The number of amides is 1. The molecule has 0 radical (unpaired) electrons. The molecule has 32 heavy (non-hydrogen) atoms. The molecule has 1 N–H and O–H groups in total. The lowest BCUT2D eigenvalue weighted by atomic mass is 9.98. The highest BCUT2D eigenvalue weighted by Gasteiger charge is 2.46. The Hall–Kier alpha value is -2.06. The Morgan fingerprint density at radius 2 is 1.91 bits per heavy atom. The van der Waals surface area contributed by atoms with Gasteiger partial charge in [-0.15, -0.1) is 11.3 Å². The maximum Gasteiger partial charge on any atom is 0.295 e. The number of carbonyl (C=O) groups excluding carboxylic acids is 2. The molecule has 9 heteroatoms. The molecule has 0 aliphatic carbocycles. The van der Waals surface area contributed by atoms with Crippen molar-refractivity contribution in [1.82, 2.24) is 4.90 Å². The molecule has 172 valence electrons. The van der Waals surface area contributed by atoms with Gasteiger partial charge in [0, 0.05) is 23.6 Å². The van der Waals surface area contributed by atoms with Gasteiger partial charge in [0.05, 0.1) is 34.9 Å². The summed E-state index contributed by atoms with van der Waals surface area (Å²) in [5.41, 5.74) is 1.19. The summed E-state index contributed by atoms with van der Waals surface area (Å²) in [6.45, 7) is 6.56. The van der Waals surface area contributed by atoms with Gasteiger partial charge in [-0.05, 0) is 56.3 Å². The van der Waals surface area contributed by atoms with Crippen molar-refractivity contribution in [2.24, 2.45) is 0 Å². The molecule has 1 aromatic heterocycles. The van der Waals surface area contributed by atoms with Gasteiger partial charge in [0.2, 0.25) is 0 Å². The quantitative estimate of drug-likeness (QED) is 0.222. The van der Waals surface area contributed by atoms with Crippen LogP contribution in [0.5, 0.6) is 5.75 Å². The van der Waals surface area contributed by atoms with Crippen LogP contribution >= 0.6 is 34.5 Å². The monoisotopic (exact) mass is 497 g/mol. The Labute approximate surface area is 201 Å².